The largest absolute Gasteiger partial charge is 0.465 e. The highest BCUT2D eigenvalue weighted by molar-refractivity contribution is 7.09. The summed E-state index contributed by atoms with van der Waals surface area (Å²) < 4.78 is 4.61. The van der Waals surface area contributed by atoms with E-state index in [4.69, 9.17) is 0 Å². The van der Waals surface area contributed by atoms with E-state index in [0.717, 1.165) is 12.2 Å². The Morgan fingerprint density at radius 2 is 2.28 bits per heavy atom. The predicted octanol–water partition coefficient (Wildman–Crippen LogP) is 2.22. The molecule has 0 spiro atoms. The molecule has 0 amide bonds. The number of rotatable bonds is 5. The van der Waals surface area contributed by atoms with Gasteiger partial charge in [0.2, 0.25) is 0 Å². The zero-order valence-corrected chi connectivity index (χ0v) is 10.9. The third-order valence-corrected chi connectivity index (χ3v) is 3.31. The summed E-state index contributed by atoms with van der Waals surface area (Å²) in [5.41, 5.74) is 1.37. The molecule has 0 aromatic carbocycles. The fourth-order valence-corrected chi connectivity index (χ4v) is 2.17. The maximum absolute atomic E-state index is 11.2. The minimum Gasteiger partial charge on any atom is -0.465 e. The van der Waals surface area contributed by atoms with Crippen molar-refractivity contribution >= 4 is 17.3 Å². The summed E-state index contributed by atoms with van der Waals surface area (Å²) in [6.07, 6.45) is 1.54. The molecule has 0 bridgehead atoms. The first-order chi connectivity index (χ1) is 8.79. The van der Waals surface area contributed by atoms with Crippen molar-refractivity contribution in [1.29, 1.82) is 0 Å². The van der Waals surface area contributed by atoms with E-state index in [1.54, 1.807) is 17.4 Å². The first kappa shape index (κ1) is 12.7. The molecule has 1 N–H and O–H groups in total. The first-order valence-electron chi connectivity index (χ1n) is 5.56. The van der Waals surface area contributed by atoms with Crippen LogP contribution in [0.5, 0.6) is 0 Å². The Kier molecular flexibility index (Phi) is 4.44. The lowest BCUT2D eigenvalue weighted by molar-refractivity contribution is 0.0600. The molecule has 2 aromatic heterocycles. The lowest BCUT2D eigenvalue weighted by Crippen LogP contribution is -2.13. The number of hydrogen-bond acceptors (Lipinski definition) is 5. The number of thiophene rings is 1. The van der Waals surface area contributed by atoms with Crippen LogP contribution in [-0.2, 0) is 17.8 Å². The van der Waals surface area contributed by atoms with Crippen molar-refractivity contribution in [3.8, 4) is 0 Å². The summed E-state index contributed by atoms with van der Waals surface area (Å²) in [6.45, 7) is 1.51. The van der Waals surface area contributed by atoms with Gasteiger partial charge in [-0.2, -0.15) is 0 Å². The van der Waals surface area contributed by atoms with E-state index < -0.39 is 0 Å². The van der Waals surface area contributed by atoms with Crippen LogP contribution in [0.3, 0.4) is 0 Å². The highest BCUT2D eigenvalue weighted by atomic mass is 32.1. The van der Waals surface area contributed by atoms with Crippen LogP contribution in [-0.4, -0.2) is 18.1 Å². The molecule has 0 aliphatic heterocycles. The molecule has 2 rings (SSSR count). The number of aromatic nitrogens is 1. The van der Waals surface area contributed by atoms with Crippen LogP contribution in [0.2, 0.25) is 0 Å². The minimum atomic E-state index is -0.361. The third-order valence-electron chi connectivity index (χ3n) is 2.43. The van der Waals surface area contributed by atoms with E-state index in [2.05, 4.69) is 26.5 Å². The minimum absolute atomic E-state index is 0.361. The van der Waals surface area contributed by atoms with Gasteiger partial charge in [-0.1, -0.05) is 6.07 Å². The molecule has 0 fully saturated rings. The van der Waals surface area contributed by atoms with Gasteiger partial charge in [-0.15, -0.1) is 11.3 Å². The van der Waals surface area contributed by atoms with Crippen molar-refractivity contribution in [3.63, 3.8) is 0 Å². The molecule has 18 heavy (non-hydrogen) atoms. The Bertz CT molecular complexity index is 494. The van der Waals surface area contributed by atoms with Crippen molar-refractivity contribution in [1.82, 2.24) is 10.3 Å². The van der Waals surface area contributed by atoms with Crippen molar-refractivity contribution in [2.24, 2.45) is 0 Å². The van der Waals surface area contributed by atoms with Crippen LogP contribution < -0.4 is 5.32 Å². The topological polar surface area (TPSA) is 51.2 Å². The molecule has 4 nitrogen and oxygen atoms in total. The van der Waals surface area contributed by atoms with Gasteiger partial charge in [-0.25, -0.2) is 4.79 Å². The molecule has 0 saturated carbocycles. The molecule has 94 valence electrons. The Morgan fingerprint density at radius 3 is 2.89 bits per heavy atom. The van der Waals surface area contributed by atoms with Crippen LogP contribution >= 0.6 is 11.3 Å². The van der Waals surface area contributed by atoms with Crippen molar-refractivity contribution in [2.45, 2.75) is 13.1 Å². The van der Waals surface area contributed by atoms with Crippen LogP contribution in [0.1, 0.15) is 20.9 Å². The Morgan fingerprint density at radius 1 is 1.39 bits per heavy atom. The zero-order chi connectivity index (χ0) is 12.8. The number of nitrogens with zero attached hydrogens (tertiary/aromatic N) is 1. The quantitative estimate of drug-likeness (QED) is 0.839. The van der Waals surface area contributed by atoms with Gasteiger partial charge in [0, 0.05) is 24.2 Å². The van der Waals surface area contributed by atoms with Crippen LogP contribution in [0.4, 0.5) is 0 Å². The van der Waals surface area contributed by atoms with Crippen LogP contribution in [0.25, 0.3) is 0 Å². The number of ether oxygens (including phenoxy) is 1. The number of methoxy groups -OCH3 is 1. The lowest BCUT2D eigenvalue weighted by atomic mass is 10.2. The SMILES string of the molecule is COC(=O)c1ccc(CNCc2cccs2)nc1. The van der Waals surface area contributed by atoms with E-state index in [1.165, 1.54) is 18.2 Å². The molecular formula is C13H14N2O2S. The molecule has 0 aliphatic carbocycles. The summed E-state index contributed by atoms with van der Waals surface area (Å²) >= 11 is 1.72. The van der Waals surface area contributed by atoms with Crippen molar-refractivity contribution in [2.75, 3.05) is 7.11 Å². The monoisotopic (exact) mass is 262 g/mol. The summed E-state index contributed by atoms with van der Waals surface area (Å²) in [5.74, 6) is -0.361. The van der Waals surface area contributed by atoms with Crippen LogP contribution in [0, 0.1) is 0 Å². The van der Waals surface area contributed by atoms with Gasteiger partial charge in [0.1, 0.15) is 0 Å². The lowest BCUT2D eigenvalue weighted by Gasteiger charge is -2.03. The van der Waals surface area contributed by atoms with Gasteiger partial charge in [-0.3, -0.25) is 4.98 Å². The molecular weight excluding hydrogens is 248 g/mol. The second-order valence-electron chi connectivity index (χ2n) is 3.71. The maximum Gasteiger partial charge on any atom is 0.339 e. The molecule has 0 atom stereocenters. The Hall–Kier alpha value is -1.72. The summed E-state index contributed by atoms with van der Waals surface area (Å²) in [7, 11) is 1.36. The summed E-state index contributed by atoms with van der Waals surface area (Å²) in [6, 6.07) is 7.67. The average molecular weight is 262 g/mol. The highest BCUT2D eigenvalue weighted by Crippen LogP contribution is 2.08. The Labute approximate surface area is 110 Å². The highest BCUT2D eigenvalue weighted by Gasteiger charge is 2.05. The zero-order valence-electron chi connectivity index (χ0n) is 10.1. The first-order valence-corrected chi connectivity index (χ1v) is 6.44. The van der Waals surface area contributed by atoms with Crippen molar-refractivity contribution in [3.05, 3.63) is 52.0 Å². The second kappa shape index (κ2) is 6.28. The summed E-state index contributed by atoms with van der Waals surface area (Å²) in [4.78, 5) is 16.7. The summed E-state index contributed by atoms with van der Waals surface area (Å²) in [5, 5.41) is 5.35. The standard InChI is InChI=1S/C13H14N2O2S/c1-17-13(16)10-4-5-11(15-7-10)8-14-9-12-3-2-6-18-12/h2-7,14H,8-9H2,1H3. The van der Waals surface area contributed by atoms with E-state index in [0.29, 0.717) is 12.1 Å². The van der Waals surface area contributed by atoms with Crippen molar-refractivity contribution < 1.29 is 9.53 Å². The average Bonchev–Trinajstić information content (AvgIpc) is 2.92. The molecule has 0 radical (unpaired) electrons. The number of nitrogens with one attached hydrogen (secondary N) is 1. The normalized spacial score (nSPS) is 10.3. The van der Waals surface area contributed by atoms with Crippen LogP contribution in [0.15, 0.2) is 35.8 Å². The van der Waals surface area contributed by atoms with E-state index in [9.17, 15) is 4.79 Å². The van der Waals surface area contributed by atoms with Gasteiger partial charge in [0.25, 0.3) is 0 Å². The third kappa shape index (κ3) is 3.38. The van der Waals surface area contributed by atoms with Gasteiger partial charge < -0.3 is 10.1 Å². The van der Waals surface area contributed by atoms with Gasteiger partial charge in [-0.05, 0) is 23.6 Å². The molecule has 5 heteroatoms. The molecule has 0 saturated heterocycles. The number of pyridine rings is 1. The van der Waals surface area contributed by atoms with E-state index in [-0.39, 0.29) is 5.97 Å². The van der Waals surface area contributed by atoms with Gasteiger partial charge in [0.05, 0.1) is 18.4 Å². The van der Waals surface area contributed by atoms with Gasteiger partial charge >= 0.3 is 5.97 Å². The Balaban J connectivity index is 1.85. The van der Waals surface area contributed by atoms with E-state index >= 15 is 0 Å². The maximum atomic E-state index is 11.2. The molecule has 0 aliphatic rings. The van der Waals surface area contributed by atoms with E-state index in [1.807, 2.05) is 12.1 Å². The molecule has 0 unspecified atom stereocenters. The van der Waals surface area contributed by atoms with Gasteiger partial charge in [0.15, 0.2) is 0 Å². The fraction of sp³-hybridized carbons (Fsp3) is 0.231. The number of carbonyl (C=O) groups excluding carboxylic acids is 1. The second-order valence-corrected chi connectivity index (χ2v) is 4.74. The number of carbonyl (C=O) groups is 1. The number of esters is 1. The number of hydrogen-bond donors (Lipinski definition) is 1. The fourth-order valence-electron chi connectivity index (χ4n) is 1.49. The predicted molar refractivity (Wildman–Crippen MR) is 70.4 cm³/mol. The smallest absolute Gasteiger partial charge is 0.339 e. The molecule has 2 aromatic rings. The molecule has 2 heterocycles.